The summed E-state index contributed by atoms with van der Waals surface area (Å²) in [7, 11) is -0.892. The van der Waals surface area contributed by atoms with E-state index in [1.807, 2.05) is 26.0 Å². The maximum absolute atomic E-state index is 12.6. The fourth-order valence-corrected chi connectivity index (χ4v) is 4.38. The van der Waals surface area contributed by atoms with E-state index >= 15 is 0 Å². The molecule has 0 saturated carbocycles. The maximum atomic E-state index is 12.6. The SMILES string of the molecule is CC1(C)CN(C(=O)c2ccc(N3CCCC3=O)cc2)CC[S@]1=O. The fourth-order valence-electron chi connectivity index (χ4n) is 3.14. The Balaban J connectivity index is 1.73. The minimum Gasteiger partial charge on any atom is -0.336 e. The fraction of sp³-hybridized carbons (Fsp3) is 0.529. The molecular formula is C17H22N2O3S. The highest BCUT2D eigenvalue weighted by atomic mass is 32.2. The van der Waals surface area contributed by atoms with Gasteiger partial charge in [-0.2, -0.15) is 0 Å². The van der Waals surface area contributed by atoms with E-state index in [-0.39, 0.29) is 16.6 Å². The first-order valence-electron chi connectivity index (χ1n) is 7.97. The predicted octanol–water partition coefficient (Wildman–Crippen LogP) is 1.80. The van der Waals surface area contributed by atoms with E-state index in [0.717, 1.165) is 18.7 Å². The lowest BCUT2D eigenvalue weighted by Gasteiger charge is -2.37. The van der Waals surface area contributed by atoms with Crippen molar-refractivity contribution in [1.82, 2.24) is 4.90 Å². The molecule has 2 amide bonds. The standard InChI is InChI=1S/C17H22N2O3S/c1-17(2)12-18(10-11-23(17)22)16(21)13-5-7-14(8-6-13)19-9-3-4-15(19)20/h5-8H,3-4,9-12H2,1-2H3/t23-/m1/s1. The minimum absolute atomic E-state index is 0.0333. The smallest absolute Gasteiger partial charge is 0.253 e. The van der Waals surface area contributed by atoms with Crippen LogP contribution in [0.4, 0.5) is 5.69 Å². The summed E-state index contributed by atoms with van der Waals surface area (Å²) in [6.07, 6.45) is 1.49. The monoisotopic (exact) mass is 334 g/mol. The Bertz CT molecular complexity index is 654. The van der Waals surface area contributed by atoms with Gasteiger partial charge in [-0.15, -0.1) is 0 Å². The van der Waals surface area contributed by atoms with Crippen molar-refractivity contribution in [3.63, 3.8) is 0 Å². The number of amides is 2. The molecule has 0 radical (unpaired) electrons. The first-order valence-corrected chi connectivity index (χ1v) is 9.28. The molecule has 0 spiro atoms. The zero-order chi connectivity index (χ0) is 16.6. The molecule has 0 aromatic heterocycles. The van der Waals surface area contributed by atoms with Crippen molar-refractivity contribution in [3.8, 4) is 0 Å². The van der Waals surface area contributed by atoms with Gasteiger partial charge in [-0.05, 0) is 44.5 Å². The first-order chi connectivity index (χ1) is 10.9. The van der Waals surface area contributed by atoms with Gasteiger partial charge in [0.2, 0.25) is 5.91 Å². The zero-order valence-electron chi connectivity index (χ0n) is 13.6. The lowest BCUT2D eigenvalue weighted by Crippen LogP contribution is -2.52. The largest absolute Gasteiger partial charge is 0.336 e. The van der Waals surface area contributed by atoms with Crippen LogP contribution in [0.15, 0.2) is 24.3 Å². The quantitative estimate of drug-likeness (QED) is 0.829. The lowest BCUT2D eigenvalue weighted by atomic mass is 10.1. The summed E-state index contributed by atoms with van der Waals surface area (Å²) in [5, 5.41) is 0. The summed E-state index contributed by atoms with van der Waals surface area (Å²) in [6.45, 7) is 5.65. The van der Waals surface area contributed by atoms with Crippen molar-refractivity contribution in [2.45, 2.75) is 31.4 Å². The molecule has 0 unspecified atom stereocenters. The summed E-state index contributed by atoms with van der Waals surface area (Å²) < 4.78 is 11.6. The number of carbonyl (C=O) groups is 2. The van der Waals surface area contributed by atoms with Crippen molar-refractivity contribution < 1.29 is 13.8 Å². The van der Waals surface area contributed by atoms with Gasteiger partial charge in [0.1, 0.15) is 0 Å². The van der Waals surface area contributed by atoms with Crippen LogP contribution in [0.5, 0.6) is 0 Å². The molecule has 1 aromatic carbocycles. The highest BCUT2D eigenvalue weighted by Crippen LogP contribution is 2.24. The number of anilines is 1. The maximum Gasteiger partial charge on any atom is 0.253 e. The molecule has 2 aliphatic heterocycles. The van der Waals surface area contributed by atoms with Crippen LogP contribution < -0.4 is 4.90 Å². The van der Waals surface area contributed by atoms with E-state index in [4.69, 9.17) is 0 Å². The van der Waals surface area contributed by atoms with Crippen molar-refractivity contribution in [3.05, 3.63) is 29.8 Å². The van der Waals surface area contributed by atoms with Gasteiger partial charge in [-0.1, -0.05) is 0 Å². The third-order valence-electron chi connectivity index (χ3n) is 4.52. The second-order valence-corrected chi connectivity index (χ2v) is 8.94. The van der Waals surface area contributed by atoms with Crippen LogP contribution in [0, 0.1) is 0 Å². The van der Waals surface area contributed by atoms with Gasteiger partial charge < -0.3 is 9.80 Å². The van der Waals surface area contributed by atoms with Gasteiger partial charge >= 0.3 is 0 Å². The second-order valence-electron chi connectivity index (χ2n) is 6.73. The third kappa shape index (κ3) is 3.17. The molecule has 1 aromatic rings. The van der Waals surface area contributed by atoms with Crippen molar-refractivity contribution in [2.24, 2.45) is 0 Å². The highest BCUT2D eigenvalue weighted by molar-refractivity contribution is 7.86. The molecular weight excluding hydrogens is 312 g/mol. The first kappa shape index (κ1) is 16.2. The van der Waals surface area contributed by atoms with Crippen LogP contribution in [0.25, 0.3) is 0 Å². The van der Waals surface area contributed by atoms with Crippen LogP contribution in [0.1, 0.15) is 37.0 Å². The highest BCUT2D eigenvalue weighted by Gasteiger charge is 2.35. The molecule has 23 heavy (non-hydrogen) atoms. The zero-order valence-corrected chi connectivity index (χ0v) is 14.4. The summed E-state index contributed by atoms with van der Waals surface area (Å²) in [5.74, 6) is 0.637. The summed E-state index contributed by atoms with van der Waals surface area (Å²) in [4.78, 5) is 27.9. The number of carbonyl (C=O) groups excluding carboxylic acids is 2. The molecule has 1 atom stereocenters. The van der Waals surface area contributed by atoms with Crippen LogP contribution in [0.3, 0.4) is 0 Å². The number of hydrogen-bond acceptors (Lipinski definition) is 3. The van der Waals surface area contributed by atoms with Gasteiger partial charge in [0, 0.05) is 53.9 Å². The van der Waals surface area contributed by atoms with Gasteiger partial charge in [-0.25, -0.2) is 0 Å². The van der Waals surface area contributed by atoms with Gasteiger partial charge in [0.15, 0.2) is 0 Å². The Kier molecular flexibility index (Phi) is 4.27. The van der Waals surface area contributed by atoms with Gasteiger partial charge in [0.25, 0.3) is 5.91 Å². The Labute approximate surface area is 139 Å². The van der Waals surface area contributed by atoms with Crippen molar-refractivity contribution in [1.29, 1.82) is 0 Å². The molecule has 0 bridgehead atoms. The topological polar surface area (TPSA) is 57.7 Å². The number of rotatable bonds is 2. The van der Waals surface area contributed by atoms with E-state index in [0.29, 0.717) is 30.8 Å². The second kappa shape index (κ2) is 6.07. The molecule has 2 saturated heterocycles. The van der Waals surface area contributed by atoms with Crippen LogP contribution in [-0.4, -0.2) is 51.1 Å². The third-order valence-corrected chi connectivity index (χ3v) is 6.44. The Morgan fingerprint density at radius 3 is 2.43 bits per heavy atom. The van der Waals surface area contributed by atoms with E-state index < -0.39 is 10.8 Å². The molecule has 5 nitrogen and oxygen atoms in total. The molecule has 2 aliphatic rings. The molecule has 2 heterocycles. The summed E-state index contributed by atoms with van der Waals surface area (Å²) in [6, 6.07) is 7.23. The summed E-state index contributed by atoms with van der Waals surface area (Å²) >= 11 is 0. The van der Waals surface area contributed by atoms with E-state index in [2.05, 4.69) is 0 Å². The molecule has 3 rings (SSSR count). The Morgan fingerprint density at radius 1 is 1.17 bits per heavy atom. The molecule has 124 valence electrons. The minimum atomic E-state index is -0.892. The average molecular weight is 334 g/mol. The van der Waals surface area contributed by atoms with Crippen molar-refractivity contribution in [2.75, 3.05) is 30.3 Å². The molecule has 0 aliphatic carbocycles. The lowest BCUT2D eigenvalue weighted by molar-refractivity contribution is -0.117. The van der Waals surface area contributed by atoms with Crippen molar-refractivity contribution >= 4 is 28.3 Å². The van der Waals surface area contributed by atoms with Crippen LogP contribution >= 0.6 is 0 Å². The molecule has 6 heteroatoms. The Hall–Kier alpha value is -1.69. The predicted molar refractivity (Wildman–Crippen MR) is 91.0 cm³/mol. The van der Waals surface area contributed by atoms with E-state index in [9.17, 15) is 13.8 Å². The van der Waals surface area contributed by atoms with Crippen LogP contribution in [-0.2, 0) is 15.6 Å². The Morgan fingerprint density at radius 2 is 1.87 bits per heavy atom. The summed E-state index contributed by atoms with van der Waals surface area (Å²) in [5.41, 5.74) is 1.47. The van der Waals surface area contributed by atoms with Gasteiger partial charge in [0.05, 0.1) is 4.75 Å². The van der Waals surface area contributed by atoms with Crippen LogP contribution in [0.2, 0.25) is 0 Å². The number of hydrogen-bond donors (Lipinski definition) is 0. The van der Waals surface area contributed by atoms with E-state index in [1.165, 1.54) is 0 Å². The number of nitrogens with zero attached hydrogens (tertiary/aromatic N) is 2. The number of benzene rings is 1. The van der Waals surface area contributed by atoms with Gasteiger partial charge in [-0.3, -0.25) is 13.8 Å². The normalized spacial score (nSPS) is 24.1. The molecule has 2 fully saturated rings. The molecule has 0 N–H and O–H groups in total. The average Bonchev–Trinajstić information content (AvgIpc) is 2.95. The van der Waals surface area contributed by atoms with E-state index in [1.54, 1.807) is 21.9 Å².